The van der Waals surface area contributed by atoms with Gasteiger partial charge in [0, 0.05) is 12.4 Å². The Morgan fingerprint density at radius 3 is 2.38 bits per heavy atom. The van der Waals surface area contributed by atoms with Crippen LogP contribution in [0.25, 0.3) is 0 Å². The maximum atomic E-state index is 5.95. The molecule has 0 aromatic carbocycles. The highest BCUT2D eigenvalue weighted by Gasteiger charge is 2.19. The van der Waals surface area contributed by atoms with Crippen molar-refractivity contribution in [3.63, 3.8) is 0 Å². The molecule has 1 unspecified atom stereocenters. The standard InChI is InChI=1S/C13H25ClN2/c14-11-13-5-3-8-16(12-13)10-4-9-15-6-1-2-7-15/h13H,1-12H2. The highest BCUT2D eigenvalue weighted by Crippen LogP contribution is 2.17. The predicted octanol–water partition coefficient (Wildman–Crippen LogP) is 2.42. The Balaban J connectivity index is 1.58. The summed E-state index contributed by atoms with van der Waals surface area (Å²) in [5.74, 6) is 1.60. The van der Waals surface area contributed by atoms with Gasteiger partial charge in [0.1, 0.15) is 0 Å². The largest absolute Gasteiger partial charge is 0.303 e. The zero-order chi connectivity index (χ0) is 11.2. The Morgan fingerprint density at radius 1 is 0.938 bits per heavy atom. The first-order valence-electron chi connectivity index (χ1n) is 6.89. The number of halogens is 1. The number of piperidine rings is 1. The average Bonchev–Trinajstić information content (AvgIpc) is 2.82. The van der Waals surface area contributed by atoms with E-state index in [1.54, 1.807) is 0 Å². The average molecular weight is 245 g/mol. The Labute approximate surface area is 105 Å². The summed E-state index contributed by atoms with van der Waals surface area (Å²) >= 11 is 5.95. The second-order valence-electron chi connectivity index (χ2n) is 5.37. The van der Waals surface area contributed by atoms with Gasteiger partial charge in [-0.15, -0.1) is 11.6 Å². The molecule has 0 spiro atoms. The van der Waals surface area contributed by atoms with E-state index in [-0.39, 0.29) is 0 Å². The van der Waals surface area contributed by atoms with Gasteiger partial charge in [0.25, 0.3) is 0 Å². The molecule has 16 heavy (non-hydrogen) atoms. The molecule has 0 saturated carbocycles. The quantitative estimate of drug-likeness (QED) is 0.686. The van der Waals surface area contributed by atoms with E-state index in [0.717, 1.165) is 11.8 Å². The molecule has 2 aliphatic heterocycles. The Hall–Kier alpha value is 0.210. The van der Waals surface area contributed by atoms with Crippen LogP contribution in [0, 0.1) is 5.92 Å². The first-order valence-corrected chi connectivity index (χ1v) is 7.42. The van der Waals surface area contributed by atoms with E-state index in [1.807, 2.05) is 0 Å². The van der Waals surface area contributed by atoms with Gasteiger partial charge < -0.3 is 9.80 Å². The minimum atomic E-state index is 0.752. The number of rotatable bonds is 5. The van der Waals surface area contributed by atoms with Gasteiger partial charge >= 0.3 is 0 Å². The minimum absolute atomic E-state index is 0.752. The molecule has 0 aliphatic carbocycles. The summed E-state index contributed by atoms with van der Waals surface area (Å²) in [5.41, 5.74) is 0. The summed E-state index contributed by atoms with van der Waals surface area (Å²) < 4.78 is 0. The second kappa shape index (κ2) is 6.83. The van der Waals surface area contributed by atoms with Crippen LogP contribution in [0.5, 0.6) is 0 Å². The molecule has 2 heterocycles. The SMILES string of the molecule is ClCC1CCCN(CCCN2CCCC2)C1. The predicted molar refractivity (Wildman–Crippen MR) is 70.2 cm³/mol. The van der Waals surface area contributed by atoms with E-state index in [2.05, 4.69) is 9.80 Å². The first-order chi connectivity index (χ1) is 7.88. The van der Waals surface area contributed by atoms with E-state index in [4.69, 9.17) is 11.6 Å². The molecular weight excluding hydrogens is 220 g/mol. The van der Waals surface area contributed by atoms with Gasteiger partial charge in [-0.2, -0.15) is 0 Å². The fourth-order valence-corrected chi connectivity index (χ4v) is 3.26. The first kappa shape index (κ1) is 12.7. The smallest absolute Gasteiger partial charge is 0.0263 e. The molecule has 94 valence electrons. The lowest BCUT2D eigenvalue weighted by Crippen LogP contribution is -2.37. The highest BCUT2D eigenvalue weighted by molar-refractivity contribution is 6.18. The van der Waals surface area contributed by atoms with Crippen LogP contribution < -0.4 is 0 Å². The monoisotopic (exact) mass is 244 g/mol. The number of hydrogen-bond donors (Lipinski definition) is 0. The lowest BCUT2D eigenvalue weighted by Gasteiger charge is -2.32. The number of hydrogen-bond acceptors (Lipinski definition) is 2. The maximum absolute atomic E-state index is 5.95. The van der Waals surface area contributed by atoms with Gasteiger partial charge in [-0.25, -0.2) is 0 Å². The van der Waals surface area contributed by atoms with E-state index in [1.165, 1.54) is 71.4 Å². The Morgan fingerprint density at radius 2 is 1.62 bits per heavy atom. The Kier molecular flexibility index (Phi) is 5.40. The molecule has 0 amide bonds. The molecule has 2 rings (SSSR count). The molecule has 2 saturated heterocycles. The van der Waals surface area contributed by atoms with E-state index in [9.17, 15) is 0 Å². The van der Waals surface area contributed by atoms with Crippen LogP contribution in [0.15, 0.2) is 0 Å². The summed E-state index contributed by atoms with van der Waals surface area (Å²) in [5, 5.41) is 0. The lowest BCUT2D eigenvalue weighted by atomic mass is 10.00. The van der Waals surface area contributed by atoms with Crippen molar-refractivity contribution in [2.24, 2.45) is 5.92 Å². The zero-order valence-electron chi connectivity index (χ0n) is 10.3. The van der Waals surface area contributed by atoms with Gasteiger partial charge in [0.05, 0.1) is 0 Å². The molecule has 0 aromatic rings. The van der Waals surface area contributed by atoms with Crippen molar-refractivity contribution in [1.29, 1.82) is 0 Å². The molecule has 1 atom stereocenters. The van der Waals surface area contributed by atoms with E-state index < -0.39 is 0 Å². The topological polar surface area (TPSA) is 6.48 Å². The van der Waals surface area contributed by atoms with Gasteiger partial charge in [-0.05, 0) is 70.7 Å². The molecule has 3 heteroatoms. The van der Waals surface area contributed by atoms with Crippen molar-refractivity contribution in [3.8, 4) is 0 Å². The minimum Gasteiger partial charge on any atom is -0.303 e. The molecule has 0 bridgehead atoms. The molecule has 2 nitrogen and oxygen atoms in total. The van der Waals surface area contributed by atoms with Crippen LogP contribution in [0.1, 0.15) is 32.1 Å². The number of nitrogens with zero attached hydrogens (tertiary/aromatic N) is 2. The third-order valence-corrected chi connectivity index (χ3v) is 4.41. The van der Waals surface area contributed by atoms with Gasteiger partial charge in [0.15, 0.2) is 0 Å². The van der Waals surface area contributed by atoms with Crippen molar-refractivity contribution >= 4 is 11.6 Å². The number of alkyl halides is 1. The normalized spacial score (nSPS) is 28.7. The molecule has 0 N–H and O–H groups in total. The van der Waals surface area contributed by atoms with E-state index >= 15 is 0 Å². The summed E-state index contributed by atoms with van der Waals surface area (Å²) in [4.78, 5) is 5.23. The van der Waals surface area contributed by atoms with Crippen LogP contribution in [0.3, 0.4) is 0 Å². The van der Waals surface area contributed by atoms with E-state index in [0.29, 0.717) is 0 Å². The van der Waals surface area contributed by atoms with Crippen molar-refractivity contribution in [2.45, 2.75) is 32.1 Å². The zero-order valence-corrected chi connectivity index (χ0v) is 11.1. The van der Waals surface area contributed by atoms with Gasteiger partial charge in [-0.1, -0.05) is 0 Å². The fraction of sp³-hybridized carbons (Fsp3) is 1.00. The van der Waals surface area contributed by atoms with Crippen LogP contribution in [-0.2, 0) is 0 Å². The van der Waals surface area contributed by atoms with Crippen molar-refractivity contribution in [2.75, 3.05) is 45.1 Å². The lowest BCUT2D eigenvalue weighted by molar-refractivity contribution is 0.175. The van der Waals surface area contributed by atoms with Gasteiger partial charge in [-0.3, -0.25) is 0 Å². The van der Waals surface area contributed by atoms with Crippen LogP contribution in [0.2, 0.25) is 0 Å². The number of likely N-dealkylation sites (tertiary alicyclic amines) is 2. The van der Waals surface area contributed by atoms with Crippen LogP contribution in [0.4, 0.5) is 0 Å². The summed E-state index contributed by atoms with van der Waals surface area (Å²) in [7, 11) is 0. The molecule has 2 fully saturated rings. The van der Waals surface area contributed by atoms with Crippen molar-refractivity contribution in [1.82, 2.24) is 9.80 Å². The molecule has 0 radical (unpaired) electrons. The third kappa shape index (κ3) is 3.90. The highest BCUT2D eigenvalue weighted by atomic mass is 35.5. The Bertz CT molecular complexity index is 192. The molecular formula is C13H25ClN2. The van der Waals surface area contributed by atoms with Crippen molar-refractivity contribution in [3.05, 3.63) is 0 Å². The molecule has 2 aliphatic rings. The summed E-state index contributed by atoms with van der Waals surface area (Å²) in [6.07, 6.45) is 6.86. The fourth-order valence-electron chi connectivity index (χ4n) is 3.00. The van der Waals surface area contributed by atoms with Crippen LogP contribution >= 0.6 is 11.6 Å². The molecule has 0 aromatic heterocycles. The van der Waals surface area contributed by atoms with Gasteiger partial charge in [0.2, 0.25) is 0 Å². The third-order valence-electron chi connectivity index (χ3n) is 3.97. The second-order valence-corrected chi connectivity index (χ2v) is 5.67. The summed E-state index contributed by atoms with van der Waals surface area (Å²) in [6, 6.07) is 0. The summed E-state index contributed by atoms with van der Waals surface area (Å²) in [6.45, 7) is 7.80. The maximum Gasteiger partial charge on any atom is 0.0263 e. The van der Waals surface area contributed by atoms with Crippen LogP contribution in [-0.4, -0.2) is 54.9 Å². The van der Waals surface area contributed by atoms with Crippen molar-refractivity contribution < 1.29 is 0 Å².